The van der Waals surface area contributed by atoms with E-state index in [9.17, 15) is 14.4 Å². The molecule has 1 saturated heterocycles. The fourth-order valence-corrected chi connectivity index (χ4v) is 2.07. The molecule has 0 bridgehead atoms. The Bertz CT molecular complexity index is 510. The van der Waals surface area contributed by atoms with E-state index in [1.807, 2.05) is 0 Å². The van der Waals surface area contributed by atoms with Crippen LogP contribution in [0.1, 0.15) is 24.9 Å². The molecule has 1 atom stereocenters. The molecule has 0 saturated carbocycles. The van der Waals surface area contributed by atoms with E-state index in [2.05, 4.69) is 5.32 Å². The van der Waals surface area contributed by atoms with Gasteiger partial charge in [-0.25, -0.2) is 4.79 Å². The van der Waals surface area contributed by atoms with Crippen molar-refractivity contribution in [2.75, 3.05) is 0 Å². The number of halogens is 1. The minimum absolute atomic E-state index is 0.309. The van der Waals surface area contributed by atoms with Crippen molar-refractivity contribution in [3.05, 3.63) is 34.9 Å². The second kappa shape index (κ2) is 4.78. The molecule has 1 heterocycles. The minimum atomic E-state index is -0.691. The second-order valence-electron chi connectivity index (χ2n) is 4.02. The number of urea groups is 1. The van der Waals surface area contributed by atoms with E-state index in [4.69, 9.17) is 11.6 Å². The van der Waals surface area contributed by atoms with Crippen molar-refractivity contribution in [3.63, 3.8) is 0 Å². The molecule has 0 aliphatic carbocycles. The lowest BCUT2D eigenvalue weighted by molar-refractivity contribution is -0.137. The van der Waals surface area contributed by atoms with E-state index in [1.54, 1.807) is 31.2 Å². The first-order chi connectivity index (χ1) is 8.49. The molecule has 4 amide bonds. The molecule has 2 rings (SSSR count). The number of carbonyl (C=O) groups is 3. The molecule has 0 aromatic heterocycles. The van der Waals surface area contributed by atoms with Crippen LogP contribution in [-0.4, -0.2) is 22.7 Å². The zero-order valence-corrected chi connectivity index (χ0v) is 10.4. The lowest BCUT2D eigenvalue weighted by atomic mass is 10.1. The molecule has 1 aliphatic rings. The van der Waals surface area contributed by atoms with Crippen molar-refractivity contribution in [3.8, 4) is 0 Å². The summed E-state index contributed by atoms with van der Waals surface area (Å²) >= 11 is 5.87. The maximum atomic E-state index is 11.7. The molecule has 0 spiro atoms. The summed E-state index contributed by atoms with van der Waals surface area (Å²) in [5, 5.41) is 2.65. The summed E-state index contributed by atoms with van der Waals surface area (Å²) in [4.78, 5) is 35.5. The Morgan fingerprint density at radius 2 is 2.06 bits per heavy atom. The Morgan fingerprint density at radius 3 is 2.67 bits per heavy atom. The molecule has 0 radical (unpaired) electrons. The second-order valence-corrected chi connectivity index (χ2v) is 4.46. The number of imide groups is 2. The van der Waals surface area contributed by atoms with Gasteiger partial charge in [0, 0.05) is 5.02 Å². The molecule has 6 heteroatoms. The van der Waals surface area contributed by atoms with Crippen molar-refractivity contribution < 1.29 is 14.4 Å². The molecule has 94 valence electrons. The van der Waals surface area contributed by atoms with Crippen LogP contribution in [0.3, 0.4) is 0 Å². The Kier molecular flexibility index (Phi) is 3.34. The summed E-state index contributed by atoms with van der Waals surface area (Å²) in [6, 6.07) is 5.75. The van der Waals surface area contributed by atoms with Gasteiger partial charge in [0.05, 0.1) is 6.04 Å². The summed E-state index contributed by atoms with van der Waals surface area (Å²) in [6.45, 7) is 1.71. The van der Waals surface area contributed by atoms with Gasteiger partial charge in [-0.3, -0.25) is 19.8 Å². The number of barbiturate groups is 1. The molecular formula is C12H11ClN2O3. The highest BCUT2D eigenvalue weighted by Gasteiger charge is 2.34. The van der Waals surface area contributed by atoms with Gasteiger partial charge in [0.2, 0.25) is 11.8 Å². The van der Waals surface area contributed by atoms with Gasteiger partial charge in [-0.1, -0.05) is 23.7 Å². The van der Waals surface area contributed by atoms with Gasteiger partial charge in [-0.2, -0.15) is 0 Å². The molecule has 18 heavy (non-hydrogen) atoms. The number of nitrogens with zero attached hydrogens (tertiary/aromatic N) is 1. The standard InChI is InChI=1S/C12H11ClN2O3/c1-7(8-3-2-4-9(13)5-8)15-11(17)6-10(16)14-12(15)18/h2-5,7H,6H2,1H3,(H,14,16,18). The predicted octanol–water partition coefficient (Wildman–Crippen LogP) is 1.87. The van der Waals surface area contributed by atoms with E-state index in [1.165, 1.54) is 0 Å². The van der Waals surface area contributed by atoms with Crippen LogP contribution in [-0.2, 0) is 9.59 Å². The van der Waals surface area contributed by atoms with Gasteiger partial charge in [-0.15, -0.1) is 0 Å². The fraction of sp³-hybridized carbons (Fsp3) is 0.250. The van der Waals surface area contributed by atoms with E-state index >= 15 is 0 Å². The van der Waals surface area contributed by atoms with Gasteiger partial charge in [0.1, 0.15) is 6.42 Å². The third kappa shape index (κ3) is 2.36. The van der Waals surface area contributed by atoms with Gasteiger partial charge in [0.25, 0.3) is 0 Å². The number of hydrogen-bond donors (Lipinski definition) is 1. The Hall–Kier alpha value is -1.88. The van der Waals surface area contributed by atoms with E-state index < -0.39 is 23.9 Å². The van der Waals surface area contributed by atoms with E-state index in [0.717, 1.165) is 10.5 Å². The molecule has 1 unspecified atom stereocenters. The van der Waals surface area contributed by atoms with Gasteiger partial charge >= 0.3 is 6.03 Å². The van der Waals surface area contributed by atoms with Crippen LogP contribution >= 0.6 is 11.6 Å². The lowest BCUT2D eigenvalue weighted by Crippen LogP contribution is -2.53. The molecule has 1 fully saturated rings. The van der Waals surface area contributed by atoms with E-state index in [0.29, 0.717) is 5.02 Å². The number of rotatable bonds is 2. The van der Waals surface area contributed by atoms with Crippen LogP contribution in [0.25, 0.3) is 0 Å². The molecule has 1 aromatic rings. The molecule has 5 nitrogen and oxygen atoms in total. The van der Waals surface area contributed by atoms with Crippen LogP contribution in [0.15, 0.2) is 24.3 Å². The van der Waals surface area contributed by atoms with Crippen LogP contribution in [0.4, 0.5) is 4.79 Å². The quantitative estimate of drug-likeness (QED) is 0.831. The minimum Gasteiger partial charge on any atom is -0.277 e. The Labute approximate surface area is 109 Å². The van der Waals surface area contributed by atoms with E-state index in [-0.39, 0.29) is 6.42 Å². The number of nitrogens with one attached hydrogen (secondary N) is 1. The highest BCUT2D eigenvalue weighted by Crippen LogP contribution is 2.24. The molecule has 1 aromatic carbocycles. The predicted molar refractivity (Wildman–Crippen MR) is 64.9 cm³/mol. The highest BCUT2D eigenvalue weighted by molar-refractivity contribution is 6.30. The first-order valence-electron chi connectivity index (χ1n) is 5.40. The van der Waals surface area contributed by atoms with Crippen molar-refractivity contribution in [1.82, 2.24) is 10.2 Å². The average Bonchev–Trinajstić information content (AvgIpc) is 2.27. The SMILES string of the molecule is CC(c1cccc(Cl)c1)N1C(=O)CC(=O)NC1=O. The monoisotopic (exact) mass is 266 g/mol. The highest BCUT2D eigenvalue weighted by atomic mass is 35.5. The number of hydrogen-bond acceptors (Lipinski definition) is 3. The van der Waals surface area contributed by atoms with Crippen molar-refractivity contribution >= 4 is 29.4 Å². The number of carbonyl (C=O) groups excluding carboxylic acids is 3. The maximum absolute atomic E-state index is 11.7. The molecular weight excluding hydrogens is 256 g/mol. The van der Waals surface area contributed by atoms with Gasteiger partial charge in [0.15, 0.2) is 0 Å². The maximum Gasteiger partial charge on any atom is 0.331 e. The average molecular weight is 267 g/mol. The van der Waals surface area contributed by atoms with Crippen LogP contribution in [0.5, 0.6) is 0 Å². The number of amides is 4. The third-order valence-corrected chi connectivity index (χ3v) is 3.00. The zero-order chi connectivity index (χ0) is 13.3. The number of benzene rings is 1. The zero-order valence-electron chi connectivity index (χ0n) is 9.64. The topological polar surface area (TPSA) is 66.5 Å². The first-order valence-corrected chi connectivity index (χ1v) is 5.78. The summed E-state index contributed by atoms with van der Waals surface area (Å²) in [6.07, 6.45) is -0.309. The van der Waals surface area contributed by atoms with Crippen LogP contribution in [0, 0.1) is 0 Å². The van der Waals surface area contributed by atoms with Gasteiger partial charge < -0.3 is 0 Å². The largest absolute Gasteiger partial charge is 0.331 e. The summed E-state index contributed by atoms with van der Waals surface area (Å²) in [5.74, 6) is -1.07. The first kappa shape index (κ1) is 12.6. The normalized spacial score (nSPS) is 17.7. The van der Waals surface area contributed by atoms with Gasteiger partial charge in [-0.05, 0) is 24.6 Å². The Balaban J connectivity index is 2.28. The third-order valence-electron chi connectivity index (χ3n) is 2.76. The summed E-state index contributed by atoms with van der Waals surface area (Å²) in [7, 11) is 0. The fourth-order valence-electron chi connectivity index (χ4n) is 1.87. The van der Waals surface area contributed by atoms with Crippen molar-refractivity contribution in [1.29, 1.82) is 0 Å². The molecule has 1 N–H and O–H groups in total. The molecule has 1 aliphatic heterocycles. The van der Waals surface area contributed by atoms with Crippen molar-refractivity contribution in [2.45, 2.75) is 19.4 Å². The lowest BCUT2D eigenvalue weighted by Gasteiger charge is -2.30. The Morgan fingerprint density at radius 1 is 1.33 bits per heavy atom. The smallest absolute Gasteiger partial charge is 0.277 e. The van der Waals surface area contributed by atoms with Crippen LogP contribution < -0.4 is 5.32 Å². The van der Waals surface area contributed by atoms with Crippen molar-refractivity contribution in [2.24, 2.45) is 0 Å². The summed E-state index contributed by atoms with van der Waals surface area (Å²) < 4.78 is 0. The summed E-state index contributed by atoms with van der Waals surface area (Å²) in [5.41, 5.74) is 0.736. The van der Waals surface area contributed by atoms with Crippen LogP contribution in [0.2, 0.25) is 5.02 Å².